The Hall–Kier alpha value is -4.47. The van der Waals surface area contributed by atoms with Gasteiger partial charge in [-0.25, -0.2) is 19.4 Å². The summed E-state index contributed by atoms with van der Waals surface area (Å²) in [5.41, 5.74) is 0.830. The summed E-state index contributed by atoms with van der Waals surface area (Å²) in [7, 11) is 1.56. The standard InChI is InChI=1S/C37H44F4N8O3/c1-4-36(50)45-29-18-30(33(51-3)19-32(29)46-12-9-25(10-13-46)47-14-15-48(23(2)21-47)26-6-7-26)44-34-20-35(43-22-42-34)49-31(11-16-52-49)24-5-8-28(38)27(17-24)37(39,40)41/h4-5,8,17-20,22-23,25-26,31H,1,6-7,9-16,21H2,2-3H3,(H,45,50)(H,42,43,44)/t23-,31-/m1/s1. The smallest absolute Gasteiger partial charge is 0.419 e. The number of benzene rings is 2. The van der Waals surface area contributed by atoms with Crippen molar-refractivity contribution in [2.75, 3.05) is 67.0 Å². The van der Waals surface area contributed by atoms with E-state index in [-0.39, 0.29) is 18.1 Å². The Bertz CT molecular complexity index is 1780. The molecular formula is C37H44F4N8O3. The Kier molecular flexibility index (Phi) is 10.3. The van der Waals surface area contributed by atoms with Gasteiger partial charge < -0.3 is 20.3 Å². The molecule has 2 atom stereocenters. The van der Waals surface area contributed by atoms with E-state index in [0.29, 0.717) is 47.3 Å². The zero-order chi connectivity index (χ0) is 36.6. The van der Waals surface area contributed by atoms with Crippen LogP contribution in [0.15, 0.2) is 55.4 Å². The van der Waals surface area contributed by atoms with E-state index in [2.05, 4.69) is 48.8 Å². The number of ether oxygens (including phenoxy) is 1. The number of carbonyl (C=O) groups is 1. The number of carbonyl (C=O) groups excluding carboxylic acids is 1. The van der Waals surface area contributed by atoms with Gasteiger partial charge >= 0.3 is 6.18 Å². The minimum Gasteiger partial charge on any atom is -0.494 e. The first-order valence-electron chi connectivity index (χ1n) is 17.8. The number of halogens is 4. The van der Waals surface area contributed by atoms with Crippen LogP contribution in [0.4, 0.5) is 46.3 Å². The number of hydrogen-bond acceptors (Lipinski definition) is 10. The zero-order valence-electron chi connectivity index (χ0n) is 29.3. The molecule has 1 aromatic heterocycles. The van der Waals surface area contributed by atoms with Crippen molar-refractivity contribution < 1.29 is 31.9 Å². The lowest BCUT2D eigenvalue weighted by atomic mass is 9.99. The Morgan fingerprint density at radius 3 is 2.48 bits per heavy atom. The van der Waals surface area contributed by atoms with E-state index in [4.69, 9.17) is 9.57 Å². The molecule has 1 saturated carbocycles. The zero-order valence-corrected chi connectivity index (χ0v) is 29.3. The third kappa shape index (κ3) is 7.66. The predicted molar refractivity (Wildman–Crippen MR) is 190 cm³/mol. The molecule has 4 aliphatic rings. The van der Waals surface area contributed by atoms with Gasteiger partial charge in [0.2, 0.25) is 5.91 Å². The lowest BCUT2D eigenvalue weighted by Gasteiger charge is -2.46. The number of hydrogen-bond donors (Lipinski definition) is 2. The van der Waals surface area contributed by atoms with Gasteiger partial charge in [0.05, 0.1) is 42.4 Å². The molecule has 0 radical (unpaired) electrons. The van der Waals surface area contributed by atoms with E-state index in [0.717, 1.165) is 69.4 Å². The van der Waals surface area contributed by atoms with Crippen LogP contribution in [0.25, 0.3) is 0 Å². The molecule has 7 rings (SSSR count). The number of amides is 1. The van der Waals surface area contributed by atoms with Crippen LogP contribution in [0, 0.1) is 5.82 Å². The molecule has 0 spiro atoms. The molecule has 3 aromatic rings. The molecule has 15 heteroatoms. The van der Waals surface area contributed by atoms with Crippen LogP contribution in [0.5, 0.6) is 5.75 Å². The van der Waals surface area contributed by atoms with Crippen molar-refractivity contribution in [3.05, 3.63) is 72.3 Å². The number of piperazine rings is 1. The molecule has 11 nitrogen and oxygen atoms in total. The van der Waals surface area contributed by atoms with Crippen LogP contribution >= 0.6 is 0 Å². The SMILES string of the molecule is C=CC(=O)Nc1cc(Nc2cc(N3OCC[C@@H]3c3ccc(F)c(C(F)(F)F)c3)ncn2)c(OC)cc1N1CCC(N2CCN(C3CC3)[C@H](C)C2)CC1. The number of alkyl halides is 3. The highest BCUT2D eigenvalue weighted by Crippen LogP contribution is 2.42. The third-order valence-corrected chi connectivity index (χ3v) is 10.5. The number of hydroxylamine groups is 1. The molecule has 52 heavy (non-hydrogen) atoms. The van der Waals surface area contributed by atoms with E-state index < -0.39 is 23.6 Å². The second-order valence-electron chi connectivity index (χ2n) is 13.9. The first-order valence-corrected chi connectivity index (χ1v) is 17.8. The van der Waals surface area contributed by atoms with Crippen LogP contribution in [-0.2, 0) is 15.8 Å². The van der Waals surface area contributed by atoms with Crippen LogP contribution in [-0.4, -0.2) is 90.2 Å². The summed E-state index contributed by atoms with van der Waals surface area (Å²) >= 11 is 0. The van der Waals surface area contributed by atoms with Crippen molar-refractivity contribution in [2.24, 2.45) is 0 Å². The summed E-state index contributed by atoms with van der Waals surface area (Å²) in [6.07, 6.45) is 2.72. The average molecular weight is 725 g/mol. The quantitative estimate of drug-likeness (QED) is 0.178. The second kappa shape index (κ2) is 14.9. The molecule has 1 aliphatic carbocycles. The first-order chi connectivity index (χ1) is 25.0. The number of rotatable bonds is 10. The summed E-state index contributed by atoms with van der Waals surface area (Å²) in [6.45, 7) is 11.2. The lowest BCUT2D eigenvalue weighted by molar-refractivity contribution is -0.140. The number of piperidine rings is 1. The highest BCUT2D eigenvalue weighted by atomic mass is 19.4. The number of aromatic nitrogens is 2. The lowest BCUT2D eigenvalue weighted by Crippen LogP contribution is -2.57. The Morgan fingerprint density at radius 2 is 1.79 bits per heavy atom. The van der Waals surface area contributed by atoms with Crippen LogP contribution < -0.4 is 25.3 Å². The van der Waals surface area contributed by atoms with Crippen LogP contribution in [0.2, 0.25) is 0 Å². The maximum absolute atomic E-state index is 14.0. The molecule has 2 N–H and O–H groups in total. The summed E-state index contributed by atoms with van der Waals surface area (Å²) in [5.74, 6) is -0.542. The molecule has 0 bridgehead atoms. The van der Waals surface area contributed by atoms with Gasteiger partial charge in [0, 0.05) is 69.4 Å². The number of nitrogens with zero attached hydrogens (tertiary/aromatic N) is 6. The largest absolute Gasteiger partial charge is 0.494 e. The number of methoxy groups -OCH3 is 1. The average Bonchev–Trinajstić information content (AvgIpc) is 3.86. The molecule has 1 amide bonds. The van der Waals surface area contributed by atoms with E-state index >= 15 is 0 Å². The normalized spacial score (nSPS) is 22.0. The minimum atomic E-state index is -4.84. The van der Waals surface area contributed by atoms with Crippen molar-refractivity contribution in [3.8, 4) is 5.75 Å². The summed E-state index contributed by atoms with van der Waals surface area (Å²) in [4.78, 5) is 34.7. The number of nitrogens with one attached hydrogen (secondary N) is 2. The van der Waals surface area contributed by atoms with E-state index in [1.165, 1.54) is 36.4 Å². The predicted octanol–water partition coefficient (Wildman–Crippen LogP) is 6.53. The number of anilines is 5. The molecule has 4 heterocycles. The fourth-order valence-electron chi connectivity index (χ4n) is 7.77. The van der Waals surface area contributed by atoms with Gasteiger partial charge in [0.15, 0.2) is 5.82 Å². The van der Waals surface area contributed by atoms with Crippen LogP contribution in [0.3, 0.4) is 0 Å². The third-order valence-electron chi connectivity index (χ3n) is 10.5. The van der Waals surface area contributed by atoms with Gasteiger partial charge in [0.1, 0.15) is 23.7 Å². The fraction of sp³-hybridized carbons (Fsp3) is 0.486. The molecule has 3 saturated heterocycles. The summed E-state index contributed by atoms with van der Waals surface area (Å²) in [6, 6.07) is 9.45. The van der Waals surface area contributed by atoms with Crippen LogP contribution in [0.1, 0.15) is 56.2 Å². The van der Waals surface area contributed by atoms with Crippen molar-refractivity contribution in [2.45, 2.75) is 69.4 Å². The van der Waals surface area contributed by atoms with E-state index in [9.17, 15) is 22.4 Å². The van der Waals surface area contributed by atoms with E-state index in [1.807, 2.05) is 6.07 Å². The monoisotopic (exact) mass is 724 g/mol. The summed E-state index contributed by atoms with van der Waals surface area (Å²) in [5, 5.41) is 7.62. The van der Waals surface area contributed by atoms with E-state index in [1.54, 1.807) is 19.2 Å². The molecule has 2 aromatic carbocycles. The maximum Gasteiger partial charge on any atom is 0.419 e. The molecule has 4 fully saturated rings. The molecule has 278 valence electrons. The topological polar surface area (TPSA) is 98.3 Å². The van der Waals surface area contributed by atoms with Gasteiger partial charge in [-0.2, -0.15) is 13.2 Å². The van der Waals surface area contributed by atoms with Gasteiger partial charge in [-0.1, -0.05) is 12.6 Å². The highest BCUT2D eigenvalue weighted by molar-refractivity contribution is 6.02. The van der Waals surface area contributed by atoms with Crippen molar-refractivity contribution >= 4 is 34.6 Å². The minimum absolute atomic E-state index is 0.227. The van der Waals surface area contributed by atoms with Gasteiger partial charge in [-0.15, -0.1) is 0 Å². The fourth-order valence-corrected chi connectivity index (χ4v) is 7.77. The van der Waals surface area contributed by atoms with Gasteiger partial charge in [-0.05, 0) is 62.4 Å². The maximum atomic E-state index is 14.0. The summed E-state index contributed by atoms with van der Waals surface area (Å²) < 4.78 is 60.3. The van der Waals surface area contributed by atoms with Crippen molar-refractivity contribution in [1.29, 1.82) is 0 Å². The first kappa shape index (κ1) is 35.9. The van der Waals surface area contributed by atoms with Gasteiger partial charge in [0.25, 0.3) is 0 Å². The van der Waals surface area contributed by atoms with Gasteiger partial charge in [-0.3, -0.25) is 19.4 Å². The highest BCUT2D eigenvalue weighted by Gasteiger charge is 2.39. The van der Waals surface area contributed by atoms with Crippen molar-refractivity contribution in [1.82, 2.24) is 19.8 Å². The second-order valence-corrected chi connectivity index (χ2v) is 13.9. The Morgan fingerprint density at radius 1 is 1.00 bits per heavy atom. The molecular weight excluding hydrogens is 680 g/mol. The Balaban J connectivity index is 1.09. The molecule has 0 unspecified atom stereocenters. The molecule has 3 aliphatic heterocycles. The van der Waals surface area contributed by atoms with Crippen molar-refractivity contribution in [3.63, 3.8) is 0 Å². The Labute approximate surface area is 300 Å².